The molecule has 2 atom stereocenters. The Kier molecular flexibility index (Phi) is 5.11. The highest BCUT2D eigenvalue weighted by atomic mass is 31.2. The number of aromatic nitrogens is 4. The molecule has 1 saturated carbocycles. The molecular formula is C15H24N5O4P. The largest absolute Gasteiger partial charge is 0.382 e. The lowest BCUT2D eigenvalue weighted by atomic mass is 9.84. The number of fused-ring (bicyclic) bond motifs is 1. The minimum atomic E-state index is -4.57. The summed E-state index contributed by atoms with van der Waals surface area (Å²) in [5.41, 5.74) is 6.73. The van der Waals surface area contributed by atoms with Gasteiger partial charge in [0.15, 0.2) is 22.8 Å². The van der Waals surface area contributed by atoms with Gasteiger partial charge in [0.25, 0.3) is 0 Å². The van der Waals surface area contributed by atoms with Crippen LogP contribution in [0.2, 0.25) is 0 Å². The van der Waals surface area contributed by atoms with Crippen molar-refractivity contribution < 1.29 is 19.1 Å². The third-order valence-electron chi connectivity index (χ3n) is 5.02. The number of hydrogen-bond donors (Lipinski definition) is 3. The first kappa shape index (κ1) is 18.3. The van der Waals surface area contributed by atoms with E-state index < -0.39 is 13.4 Å². The highest BCUT2D eigenvalue weighted by Crippen LogP contribution is 2.53. The molecule has 0 radical (unpaired) electrons. The zero-order valence-corrected chi connectivity index (χ0v) is 15.3. The standard InChI is InChI=1S/C15H24N5O4P/c1-9(10-6-4-3-5-7-10)20-13-11(12(16)17-8-18-13)19-14(20)15(24-2)25(21,22)23/h8-10,15H,3-7H2,1-2H3,(H2,16,17,18)(H2,21,22,23). The first-order valence-corrected chi connectivity index (χ1v) is 10.1. The molecule has 3 rings (SSSR count). The van der Waals surface area contributed by atoms with Crippen LogP contribution in [0.3, 0.4) is 0 Å². The average Bonchev–Trinajstić information content (AvgIpc) is 2.94. The normalized spacial score (nSPS) is 19.2. The highest BCUT2D eigenvalue weighted by Gasteiger charge is 2.38. The molecule has 0 amide bonds. The summed E-state index contributed by atoms with van der Waals surface area (Å²) in [6.07, 6.45) is 6.99. The summed E-state index contributed by atoms with van der Waals surface area (Å²) in [5.74, 6) is -0.750. The Labute approximate surface area is 145 Å². The summed E-state index contributed by atoms with van der Waals surface area (Å²) < 4.78 is 18.8. The lowest BCUT2D eigenvalue weighted by Gasteiger charge is -2.30. The second kappa shape index (κ2) is 6.99. The fourth-order valence-corrected chi connectivity index (χ4v) is 4.50. The molecule has 2 aromatic heterocycles. The molecule has 1 aliphatic carbocycles. The molecule has 0 spiro atoms. The number of imidazole rings is 1. The van der Waals surface area contributed by atoms with E-state index in [4.69, 9.17) is 10.5 Å². The number of rotatable bonds is 5. The Hall–Kier alpha value is -1.54. The zero-order chi connectivity index (χ0) is 18.2. The van der Waals surface area contributed by atoms with E-state index in [2.05, 4.69) is 15.0 Å². The van der Waals surface area contributed by atoms with Gasteiger partial charge in [-0.3, -0.25) is 4.57 Å². The zero-order valence-electron chi connectivity index (χ0n) is 14.4. The average molecular weight is 369 g/mol. The van der Waals surface area contributed by atoms with Gasteiger partial charge in [0.1, 0.15) is 6.33 Å². The van der Waals surface area contributed by atoms with E-state index >= 15 is 0 Å². The van der Waals surface area contributed by atoms with E-state index in [9.17, 15) is 14.4 Å². The molecule has 0 aromatic carbocycles. The van der Waals surface area contributed by atoms with E-state index in [1.165, 1.54) is 19.9 Å². The van der Waals surface area contributed by atoms with E-state index in [0.29, 0.717) is 17.1 Å². The van der Waals surface area contributed by atoms with Crippen LogP contribution in [0.25, 0.3) is 11.2 Å². The van der Waals surface area contributed by atoms with E-state index in [1.54, 1.807) is 4.57 Å². The van der Waals surface area contributed by atoms with Gasteiger partial charge in [-0.05, 0) is 25.7 Å². The summed E-state index contributed by atoms with van der Waals surface area (Å²) in [5, 5.41) is 0. The number of anilines is 1. The maximum absolute atomic E-state index is 11.9. The molecule has 25 heavy (non-hydrogen) atoms. The predicted octanol–water partition coefficient (Wildman–Crippen LogP) is 2.37. The molecule has 0 aliphatic heterocycles. The van der Waals surface area contributed by atoms with Crippen molar-refractivity contribution in [3.8, 4) is 0 Å². The number of ether oxygens (including phenoxy) is 1. The number of hydrogen-bond acceptors (Lipinski definition) is 6. The van der Waals surface area contributed by atoms with Crippen molar-refractivity contribution in [2.24, 2.45) is 5.92 Å². The molecule has 0 saturated heterocycles. The molecule has 2 aromatic rings. The Bertz CT molecular complexity index is 799. The van der Waals surface area contributed by atoms with Crippen LogP contribution in [-0.4, -0.2) is 36.4 Å². The SMILES string of the molecule is COC(c1nc2c(N)ncnc2n1C(C)C1CCCCC1)P(=O)(O)O. The van der Waals surface area contributed by atoms with E-state index in [0.717, 1.165) is 25.7 Å². The Morgan fingerprint density at radius 3 is 2.60 bits per heavy atom. The van der Waals surface area contributed by atoms with Crippen molar-refractivity contribution in [3.63, 3.8) is 0 Å². The minimum Gasteiger partial charge on any atom is -0.382 e. The quantitative estimate of drug-likeness (QED) is 0.683. The number of methoxy groups -OCH3 is 1. The van der Waals surface area contributed by atoms with Crippen LogP contribution in [0.1, 0.15) is 56.7 Å². The molecule has 4 N–H and O–H groups in total. The Morgan fingerprint density at radius 1 is 1.32 bits per heavy atom. The van der Waals surface area contributed by atoms with Crippen LogP contribution in [0.15, 0.2) is 6.33 Å². The van der Waals surface area contributed by atoms with Gasteiger partial charge in [0.05, 0.1) is 0 Å². The fourth-order valence-electron chi connectivity index (χ4n) is 3.74. The maximum atomic E-state index is 11.9. The van der Waals surface area contributed by atoms with Crippen molar-refractivity contribution in [1.29, 1.82) is 0 Å². The van der Waals surface area contributed by atoms with Crippen LogP contribution in [-0.2, 0) is 9.30 Å². The molecule has 1 fully saturated rings. The van der Waals surface area contributed by atoms with Gasteiger partial charge in [-0.15, -0.1) is 0 Å². The smallest absolute Gasteiger partial charge is 0.361 e. The highest BCUT2D eigenvalue weighted by molar-refractivity contribution is 7.51. The van der Waals surface area contributed by atoms with Gasteiger partial charge >= 0.3 is 7.60 Å². The molecule has 2 unspecified atom stereocenters. The molecule has 1 aliphatic rings. The molecule has 0 bridgehead atoms. The van der Waals surface area contributed by atoms with Crippen molar-refractivity contribution in [1.82, 2.24) is 19.5 Å². The number of nitrogens with two attached hydrogens (primary N) is 1. The number of nitrogen functional groups attached to an aromatic ring is 1. The van der Waals surface area contributed by atoms with Crippen LogP contribution >= 0.6 is 7.60 Å². The van der Waals surface area contributed by atoms with Gasteiger partial charge in [0, 0.05) is 13.2 Å². The van der Waals surface area contributed by atoms with Crippen molar-refractivity contribution in [3.05, 3.63) is 12.2 Å². The van der Waals surface area contributed by atoms with Crippen LogP contribution in [0.5, 0.6) is 0 Å². The van der Waals surface area contributed by atoms with E-state index in [-0.39, 0.29) is 17.7 Å². The van der Waals surface area contributed by atoms with E-state index in [1.807, 2.05) is 6.92 Å². The van der Waals surface area contributed by atoms with Gasteiger partial charge in [-0.25, -0.2) is 15.0 Å². The first-order chi connectivity index (χ1) is 11.8. The molecular weight excluding hydrogens is 345 g/mol. The fraction of sp³-hybridized carbons (Fsp3) is 0.667. The Morgan fingerprint density at radius 2 is 2.00 bits per heavy atom. The third kappa shape index (κ3) is 3.42. The Balaban J connectivity index is 2.18. The molecule has 9 nitrogen and oxygen atoms in total. The predicted molar refractivity (Wildman–Crippen MR) is 92.8 cm³/mol. The molecule has 10 heteroatoms. The van der Waals surface area contributed by atoms with Gasteiger partial charge < -0.3 is 24.8 Å². The second-order valence-corrected chi connectivity index (χ2v) is 8.23. The third-order valence-corrected chi connectivity index (χ3v) is 6.07. The first-order valence-electron chi connectivity index (χ1n) is 8.41. The van der Waals surface area contributed by atoms with Gasteiger partial charge in [-0.1, -0.05) is 19.3 Å². The van der Waals surface area contributed by atoms with Gasteiger partial charge in [-0.2, -0.15) is 0 Å². The van der Waals surface area contributed by atoms with Crippen molar-refractivity contribution >= 4 is 24.6 Å². The second-order valence-electron chi connectivity index (χ2n) is 6.59. The topological polar surface area (TPSA) is 136 Å². The maximum Gasteiger partial charge on any atom is 0.361 e. The van der Waals surface area contributed by atoms with Crippen LogP contribution in [0.4, 0.5) is 5.82 Å². The summed E-state index contributed by atoms with van der Waals surface area (Å²) in [6, 6.07) is -0.0289. The summed E-state index contributed by atoms with van der Waals surface area (Å²) >= 11 is 0. The van der Waals surface area contributed by atoms with Gasteiger partial charge in [0.2, 0.25) is 5.85 Å². The number of nitrogens with zero attached hydrogens (tertiary/aromatic N) is 4. The lowest BCUT2D eigenvalue weighted by molar-refractivity contribution is 0.124. The summed E-state index contributed by atoms with van der Waals surface area (Å²) in [7, 11) is -3.31. The van der Waals surface area contributed by atoms with Crippen molar-refractivity contribution in [2.45, 2.75) is 50.9 Å². The van der Waals surface area contributed by atoms with Crippen LogP contribution in [0, 0.1) is 5.92 Å². The van der Waals surface area contributed by atoms with Crippen LogP contribution < -0.4 is 5.73 Å². The summed E-state index contributed by atoms with van der Waals surface area (Å²) in [4.78, 5) is 32.0. The molecule has 138 valence electrons. The monoisotopic (exact) mass is 369 g/mol. The lowest BCUT2D eigenvalue weighted by Crippen LogP contribution is -2.23. The van der Waals surface area contributed by atoms with Crippen molar-refractivity contribution in [2.75, 3.05) is 12.8 Å². The minimum absolute atomic E-state index is 0.0289. The molecule has 2 heterocycles. The summed E-state index contributed by atoms with van der Waals surface area (Å²) in [6.45, 7) is 2.03.